The molecule has 0 radical (unpaired) electrons. The summed E-state index contributed by atoms with van der Waals surface area (Å²) in [6.45, 7) is 1.52. The first-order chi connectivity index (χ1) is 12.4. The Morgan fingerprint density at radius 2 is 2.11 bits per heavy atom. The van der Waals surface area contributed by atoms with E-state index < -0.39 is 0 Å². The number of hydrogen-bond acceptors (Lipinski definition) is 3. The van der Waals surface area contributed by atoms with Crippen LogP contribution in [-0.2, 0) is 24.8 Å². The zero-order valence-electron chi connectivity index (χ0n) is 16.1. The molecule has 0 spiro atoms. The lowest BCUT2D eigenvalue weighted by Gasteiger charge is -2.23. The summed E-state index contributed by atoms with van der Waals surface area (Å²) in [6, 6.07) is 6.11. The molecule has 2 aromatic rings. The lowest BCUT2D eigenvalue weighted by atomic mass is 10.3. The molecular formula is C18H27ClIN5OS. The molecule has 2 aromatic heterocycles. The van der Waals surface area contributed by atoms with E-state index in [1.165, 1.54) is 4.88 Å². The zero-order valence-corrected chi connectivity index (χ0v) is 20.0. The van der Waals surface area contributed by atoms with Gasteiger partial charge in [0.05, 0.1) is 11.6 Å². The number of hydrogen-bond donors (Lipinski definition) is 1. The quantitative estimate of drug-likeness (QED) is 0.345. The topological polar surface area (TPSA) is 52.9 Å². The second kappa shape index (κ2) is 11.6. The summed E-state index contributed by atoms with van der Waals surface area (Å²) in [5.74, 6) is 0.673. The predicted molar refractivity (Wildman–Crippen MR) is 124 cm³/mol. The van der Waals surface area contributed by atoms with Gasteiger partial charge in [0.1, 0.15) is 6.54 Å². The lowest BCUT2D eigenvalue weighted by molar-refractivity contribution is -0.127. The Hall–Kier alpha value is -1.26. The van der Waals surface area contributed by atoms with Gasteiger partial charge in [-0.05, 0) is 23.9 Å². The van der Waals surface area contributed by atoms with E-state index in [9.17, 15) is 4.79 Å². The Bertz CT molecular complexity index is 745. The van der Waals surface area contributed by atoms with Crippen molar-refractivity contribution < 1.29 is 4.79 Å². The molecule has 0 bridgehead atoms. The van der Waals surface area contributed by atoms with Gasteiger partial charge in [0, 0.05) is 51.5 Å². The number of guanidine groups is 1. The Labute approximate surface area is 187 Å². The van der Waals surface area contributed by atoms with Gasteiger partial charge in [-0.2, -0.15) is 0 Å². The fourth-order valence-electron chi connectivity index (χ4n) is 2.39. The highest BCUT2D eigenvalue weighted by Crippen LogP contribution is 2.14. The summed E-state index contributed by atoms with van der Waals surface area (Å²) < 4.78 is 1.99. The highest BCUT2D eigenvalue weighted by atomic mass is 127. The monoisotopic (exact) mass is 523 g/mol. The van der Waals surface area contributed by atoms with Crippen molar-refractivity contribution in [2.75, 3.05) is 34.2 Å². The van der Waals surface area contributed by atoms with Crippen LogP contribution in [0.1, 0.15) is 10.6 Å². The summed E-state index contributed by atoms with van der Waals surface area (Å²) in [4.78, 5) is 21.3. The van der Waals surface area contributed by atoms with Crippen LogP contribution in [0.2, 0.25) is 5.02 Å². The highest BCUT2D eigenvalue weighted by Gasteiger charge is 2.12. The maximum absolute atomic E-state index is 11.9. The molecule has 2 heterocycles. The third-order valence-corrected chi connectivity index (χ3v) is 5.08. The van der Waals surface area contributed by atoms with E-state index in [1.54, 1.807) is 30.3 Å². The van der Waals surface area contributed by atoms with Gasteiger partial charge in [-0.3, -0.25) is 4.79 Å². The van der Waals surface area contributed by atoms with Crippen LogP contribution in [0.5, 0.6) is 0 Å². The summed E-state index contributed by atoms with van der Waals surface area (Å²) in [5.41, 5.74) is 1.07. The fraction of sp³-hybridized carbons (Fsp3) is 0.444. The number of likely N-dealkylation sites (N-methyl/N-ethyl adjacent to an activating group) is 1. The molecule has 6 nitrogen and oxygen atoms in total. The number of carbonyl (C=O) groups is 1. The van der Waals surface area contributed by atoms with Gasteiger partial charge in [0.25, 0.3) is 0 Å². The van der Waals surface area contributed by atoms with Gasteiger partial charge in [0.2, 0.25) is 5.91 Å². The number of carbonyl (C=O) groups excluding carboxylic acids is 1. The van der Waals surface area contributed by atoms with Gasteiger partial charge in [0.15, 0.2) is 5.96 Å². The number of thiophene rings is 1. The van der Waals surface area contributed by atoms with Gasteiger partial charge in [-0.15, -0.1) is 35.3 Å². The molecule has 2 rings (SSSR count). The SMILES string of the molecule is CN(C)C(=O)CN=C(NCCc1cccs1)N(C)Cc1cc(Cl)cn1C.I. The van der Waals surface area contributed by atoms with Crippen LogP contribution in [0.25, 0.3) is 0 Å². The zero-order chi connectivity index (χ0) is 19.1. The molecule has 0 saturated carbocycles. The third kappa shape index (κ3) is 7.71. The summed E-state index contributed by atoms with van der Waals surface area (Å²) in [5, 5.41) is 6.15. The van der Waals surface area contributed by atoms with Crippen molar-refractivity contribution in [3.05, 3.63) is 45.4 Å². The van der Waals surface area contributed by atoms with Crippen LogP contribution >= 0.6 is 46.9 Å². The molecule has 0 aliphatic carbocycles. The van der Waals surface area contributed by atoms with Gasteiger partial charge >= 0.3 is 0 Å². The van der Waals surface area contributed by atoms with Crippen LogP contribution in [-0.4, -0.2) is 60.5 Å². The van der Waals surface area contributed by atoms with Gasteiger partial charge in [-0.25, -0.2) is 4.99 Å². The molecular weight excluding hydrogens is 497 g/mol. The van der Waals surface area contributed by atoms with E-state index in [1.807, 2.05) is 35.8 Å². The molecule has 1 N–H and O–H groups in total. The standard InChI is InChI=1S/C18H26ClN5OS.HI/c1-22(2)17(25)11-21-18(20-8-7-16-6-5-9-26-16)24(4)13-15-10-14(19)12-23(15)3;/h5-6,9-10,12H,7-8,11,13H2,1-4H3,(H,20,21);1H. The van der Waals surface area contributed by atoms with Crippen molar-refractivity contribution >= 4 is 58.8 Å². The Morgan fingerprint density at radius 1 is 1.37 bits per heavy atom. The Kier molecular flexibility index (Phi) is 10.2. The van der Waals surface area contributed by atoms with E-state index in [0.717, 1.165) is 18.7 Å². The second-order valence-corrected chi connectivity index (χ2v) is 7.77. The molecule has 0 fully saturated rings. The van der Waals surface area contributed by atoms with Crippen molar-refractivity contribution in [3.63, 3.8) is 0 Å². The van der Waals surface area contributed by atoms with Crippen LogP contribution < -0.4 is 5.32 Å². The molecule has 0 aliphatic rings. The smallest absolute Gasteiger partial charge is 0.243 e. The van der Waals surface area contributed by atoms with E-state index in [4.69, 9.17) is 11.6 Å². The summed E-state index contributed by atoms with van der Waals surface area (Å²) in [6.07, 6.45) is 2.80. The van der Waals surface area contributed by atoms with Crippen molar-refractivity contribution in [2.24, 2.45) is 12.0 Å². The number of nitrogens with zero attached hydrogens (tertiary/aromatic N) is 4. The third-order valence-electron chi connectivity index (χ3n) is 3.93. The van der Waals surface area contributed by atoms with Crippen molar-refractivity contribution in [3.8, 4) is 0 Å². The number of halogens is 2. The summed E-state index contributed by atoms with van der Waals surface area (Å²) in [7, 11) is 7.39. The molecule has 27 heavy (non-hydrogen) atoms. The molecule has 0 aliphatic heterocycles. The van der Waals surface area contributed by atoms with Gasteiger partial charge in [-0.1, -0.05) is 17.7 Å². The van der Waals surface area contributed by atoms with E-state index >= 15 is 0 Å². The first-order valence-electron chi connectivity index (χ1n) is 8.39. The molecule has 0 atom stereocenters. The number of nitrogens with one attached hydrogen (secondary N) is 1. The number of aromatic nitrogens is 1. The van der Waals surface area contributed by atoms with Crippen LogP contribution in [0, 0.1) is 0 Å². The number of aryl methyl sites for hydroxylation is 1. The van der Waals surface area contributed by atoms with E-state index in [2.05, 4.69) is 27.8 Å². The number of amides is 1. The van der Waals surface area contributed by atoms with Crippen LogP contribution in [0.3, 0.4) is 0 Å². The molecule has 0 saturated heterocycles. The minimum atomic E-state index is -0.0298. The predicted octanol–water partition coefficient (Wildman–Crippen LogP) is 3.07. The average Bonchev–Trinajstić information content (AvgIpc) is 3.20. The normalized spacial score (nSPS) is 11.1. The highest BCUT2D eigenvalue weighted by molar-refractivity contribution is 14.0. The lowest BCUT2D eigenvalue weighted by Crippen LogP contribution is -2.40. The Balaban J connectivity index is 0.00000364. The second-order valence-electron chi connectivity index (χ2n) is 6.30. The van der Waals surface area contributed by atoms with Crippen molar-refractivity contribution in [1.29, 1.82) is 0 Å². The van der Waals surface area contributed by atoms with Crippen molar-refractivity contribution in [2.45, 2.75) is 13.0 Å². The molecule has 150 valence electrons. The number of aliphatic imine (C=N–C) groups is 1. The largest absolute Gasteiger partial charge is 0.356 e. The maximum atomic E-state index is 11.9. The average molecular weight is 524 g/mol. The number of rotatable bonds is 7. The van der Waals surface area contributed by atoms with Gasteiger partial charge < -0.3 is 19.7 Å². The van der Waals surface area contributed by atoms with Crippen molar-refractivity contribution in [1.82, 2.24) is 19.7 Å². The van der Waals surface area contributed by atoms with Crippen LogP contribution in [0.4, 0.5) is 0 Å². The maximum Gasteiger partial charge on any atom is 0.243 e. The molecule has 0 aromatic carbocycles. The minimum Gasteiger partial charge on any atom is -0.356 e. The first kappa shape index (κ1) is 23.8. The van der Waals surface area contributed by atoms with Crippen LogP contribution in [0.15, 0.2) is 34.8 Å². The minimum absolute atomic E-state index is 0. The molecule has 9 heteroatoms. The summed E-state index contributed by atoms with van der Waals surface area (Å²) >= 11 is 7.81. The van der Waals surface area contributed by atoms with E-state index in [-0.39, 0.29) is 36.4 Å². The fourth-order valence-corrected chi connectivity index (χ4v) is 3.37. The first-order valence-corrected chi connectivity index (χ1v) is 9.65. The molecule has 0 unspecified atom stereocenters. The Morgan fingerprint density at radius 3 is 2.67 bits per heavy atom. The molecule has 1 amide bonds. The van der Waals surface area contributed by atoms with E-state index in [0.29, 0.717) is 17.5 Å².